The highest BCUT2D eigenvalue weighted by atomic mass is 32.2. The lowest BCUT2D eigenvalue weighted by Crippen LogP contribution is -2.42. The maximum absolute atomic E-state index is 13.0. The van der Waals surface area contributed by atoms with Gasteiger partial charge in [-0.15, -0.1) is 0 Å². The smallest absolute Gasteiger partial charge is 0.246 e. The average molecular weight is 335 g/mol. The Bertz CT molecular complexity index is 799. The summed E-state index contributed by atoms with van der Waals surface area (Å²) in [6.07, 6.45) is -0.239. The number of sulfonamides is 1. The summed E-state index contributed by atoms with van der Waals surface area (Å²) in [5.41, 5.74) is 2.19. The minimum atomic E-state index is -3.57. The molecule has 0 radical (unpaired) electrons. The van der Waals surface area contributed by atoms with Gasteiger partial charge in [-0.2, -0.15) is 9.40 Å². The molecular formula is C16H21N3O3S. The molecule has 1 aliphatic heterocycles. The number of rotatable bonds is 3. The van der Waals surface area contributed by atoms with Gasteiger partial charge in [0.25, 0.3) is 0 Å². The van der Waals surface area contributed by atoms with Crippen molar-refractivity contribution in [1.29, 1.82) is 0 Å². The van der Waals surface area contributed by atoms with Gasteiger partial charge < -0.3 is 4.74 Å². The second-order valence-corrected chi connectivity index (χ2v) is 7.63. The number of ether oxygens (including phenoxy) is 1. The molecule has 1 aromatic carbocycles. The second-order valence-electron chi connectivity index (χ2n) is 5.76. The Hall–Kier alpha value is -1.70. The van der Waals surface area contributed by atoms with Crippen molar-refractivity contribution in [1.82, 2.24) is 14.1 Å². The van der Waals surface area contributed by atoms with Crippen LogP contribution in [0.5, 0.6) is 0 Å². The predicted molar refractivity (Wildman–Crippen MR) is 86.6 cm³/mol. The summed E-state index contributed by atoms with van der Waals surface area (Å²) in [7, 11) is -1.82. The monoisotopic (exact) mass is 335 g/mol. The van der Waals surface area contributed by atoms with Crippen LogP contribution in [0.15, 0.2) is 35.2 Å². The molecule has 0 saturated carbocycles. The Kier molecular flexibility index (Phi) is 4.27. The van der Waals surface area contributed by atoms with E-state index in [9.17, 15) is 8.42 Å². The number of nitrogens with zero attached hydrogens (tertiary/aromatic N) is 3. The van der Waals surface area contributed by atoms with E-state index in [-0.39, 0.29) is 6.10 Å². The molecule has 7 heteroatoms. The van der Waals surface area contributed by atoms with Crippen molar-refractivity contribution >= 4 is 10.0 Å². The quantitative estimate of drug-likeness (QED) is 0.858. The van der Waals surface area contributed by atoms with E-state index in [1.54, 1.807) is 25.6 Å². The van der Waals surface area contributed by atoms with Gasteiger partial charge in [0.2, 0.25) is 10.0 Å². The normalized spacial score (nSPS) is 19.9. The van der Waals surface area contributed by atoms with Gasteiger partial charge in [-0.25, -0.2) is 8.42 Å². The van der Waals surface area contributed by atoms with Gasteiger partial charge in [0.1, 0.15) is 4.90 Å². The molecule has 124 valence electrons. The zero-order valence-electron chi connectivity index (χ0n) is 13.6. The number of hydrogen-bond acceptors (Lipinski definition) is 4. The average Bonchev–Trinajstić information content (AvgIpc) is 2.81. The third-order valence-corrected chi connectivity index (χ3v) is 6.36. The molecule has 0 aliphatic carbocycles. The maximum atomic E-state index is 13.0. The molecule has 6 nitrogen and oxygen atoms in total. The van der Waals surface area contributed by atoms with Crippen molar-refractivity contribution < 1.29 is 13.2 Å². The number of morpholine rings is 1. The summed E-state index contributed by atoms with van der Waals surface area (Å²) < 4.78 is 34.9. The Balaban J connectivity index is 1.91. The number of aromatic nitrogens is 2. The Morgan fingerprint density at radius 1 is 1.22 bits per heavy atom. The van der Waals surface area contributed by atoms with Crippen LogP contribution < -0.4 is 0 Å². The fraction of sp³-hybridized carbons (Fsp3) is 0.438. The summed E-state index contributed by atoms with van der Waals surface area (Å²) in [6.45, 7) is 4.58. The molecule has 0 bridgehead atoms. The summed E-state index contributed by atoms with van der Waals surface area (Å²) in [4.78, 5) is 0.314. The van der Waals surface area contributed by atoms with Crippen LogP contribution in [0.4, 0.5) is 0 Å². The summed E-state index contributed by atoms with van der Waals surface area (Å²) in [5, 5.41) is 4.23. The van der Waals surface area contributed by atoms with E-state index >= 15 is 0 Å². The minimum Gasteiger partial charge on any atom is -0.371 e. The van der Waals surface area contributed by atoms with Gasteiger partial charge in [0.15, 0.2) is 0 Å². The first-order valence-electron chi connectivity index (χ1n) is 7.58. The lowest BCUT2D eigenvalue weighted by molar-refractivity contribution is -0.00257. The molecule has 1 saturated heterocycles. The van der Waals surface area contributed by atoms with Gasteiger partial charge in [0.05, 0.1) is 24.1 Å². The molecule has 1 aromatic heterocycles. The zero-order chi connectivity index (χ0) is 16.6. The molecule has 0 unspecified atom stereocenters. The van der Waals surface area contributed by atoms with Crippen LogP contribution >= 0.6 is 0 Å². The van der Waals surface area contributed by atoms with Gasteiger partial charge >= 0.3 is 0 Å². The van der Waals surface area contributed by atoms with Gasteiger partial charge in [-0.1, -0.05) is 30.3 Å². The van der Waals surface area contributed by atoms with Crippen molar-refractivity contribution in [3.8, 4) is 0 Å². The molecular weight excluding hydrogens is 314 g/mol. The van der Waals surface area contributed by atoms with Gasteiger partial charge in [-0.05, 0) is 19.4 Å². The van der Waals surface area contributed by atoms with Crippen molar-refractivity contribution in [2.75, 3.05) is 19.7 Å². The van der Waals surface area contributed by atoms with Crippen LogP contribution in [0.2, 0.25) is 0 Å². The fourth-order valence-corrected chi connectivity index (χ4v) is 4.79. The Morgan fingerprint density at radius 3 is 2.52 bits per heavy atom. The molecule has 3 rings (SSSR count). The maximum Gasteiger partial charge on any atom is 0.246 e. The van der Waals surface area contributed by atoms with Crippen LogP contribution in [-0.4, -0.2) is 42.2 Å². The number of aryl methyl sites for hydroxylation is 2. The Morgan fingerprint density at radius 2 is 1.91 bits per heavy atom. The lowest BCUT2D eigenvalue weighted by atomic mass is 10.1. The van der Waals surface area contributed by atoms with E-state index < -0.39 is 10.0 Å². The van der Waals surface area contributed by atoms with E-state index in [1.807, 2.05) is 30.3 Å². The summed E-state index contributed by atoms with van der Waals surface area (Å²) >= 11 is 0. The van der Waals surface area contributed by atoms with Crippen molar-refractivity contribution in [3.63, 3.8) is 0 Å². The lowest BCUT2D eigenvalue weighted by Gasteiger charge is -2.32. The van der Waals surface area contributed by atoms with E-state index in [2.05, 4.69) is 5.10 Å². The van der Waals surface area contributed by atoms with E-state index in [4.69, 9.17) is 4.74 Å². The highest BCUT2D eigenvalue weighted by molar-refractivity contribution is 7.89. The van der Waals surface area contributed by atoms with Gasteiger partial charge in [0, 0.05) is 20.1 Å². The van der Waals surface area contributed by atoms with E-state index in [1.165, 1.54) is 4.31 Å². The number of hydrogen-bond donors (Lipinski definition) is 0. The van der Waals surface area contributed by atoms with Crippen LogP contribution in [0, 0.1) is 13.8 Å². The van der Waals surface area contributed by atoms with Crippen LogP contribution in [0.25, 0.3) is 0 Å². The van der Waals surface area contributed by atoms with E-state index in [0.717, 1.165) is 5.56 Å². The van der Waals surface area contributed by atoms with Crippen LogP contribution in [0.3, 0.4) is 0 Å². The number of benzene rings is 1. The third kappa shape index (κ3) is 2.91. The molecule has 2 heterocycles. The Labute approximate surface area is 136 Å². The topological polar surface area (TPSA) is 64.4 Å². The molecule has 1 atom stereocenters. The summed E-state index contributed by atoms with van der Waals surface area (Å²) in [6, 6.07) is 9.72. The zero-order valence-corrected chi connectivity index (χ0v) is 14.4. The summed E-state index contributed by atoms with van der Waals surface area (Å²) in [5.74, 6) is 0. The minimum absolute atomic E-state index is 0.239. The van der Waals surface area contributed by atoms with Crippen LogP contribution in [-0.2, 0) is 21.8 Å². The molecule has 0 amide bonds. The van der Waals surface area contributed by atoms with Crippen molar-refractivity contribution in [2.45, 2.75) is 24.8 Å². The molecule has 1 aliphatic rings. The van der Waals surface area contributed by atoms with Crippen molar-refractivity contribution in [2.24, 2.45) is 7.05 Å². The highest BCUT2D eigenvalue weighted by Crippen LogP contribution is 2.28. The molecule has 2 aromatic rings. The van der Waals surface area contributed by atoms with E-state index in [0.29, 0.717) is 36.0 Å². The predicted octanol–water partition coefficient (Wildman–Crippen LogP) is 1.80. The molecule has 0 spiro atoms. The fourth-order valence-electron chi connectivity index (χ4n) is 2.97. The van der Waals surface area contributed by atoms with Crippen LogP contribution in [0.1, 0.15) is 23.1 Å². The second kappa shape index (κ2) is 6.07. The largest absolute Gasteiger partial charge is 0.371 e. The third-order valence-electron chi connectivity index (χ3n) is 4.24. The molecule has 0 N–H and O–H groups in total. The molecule has 23 heavy (non-hydrogen) atoms. The standard InChI is InChI=1S/C16H21N3O3S/c1-12-16(13(2)18(3)17-12)23(20,21)19-9-10-22-15(11-19)14-7-5-4-6-8-14/h4-8,15H,9-11H2,1-3H3/t15-/m0/s1. The molecule has 1 fully saturated rings. The first-order chi connectivity index (χ1) is 10.9. The van der Waals surface area contributed by atoms with Crippen molar-refractivity contribution in [3.05, 3.63) is 47.3 Å². The van der Waals surface area contributed by atoms with Gasteiger partial charge in [-0.3, -0.25) is 4.68 Å². The first kappa shape index (κ1) is 16.2. The highest BCUT2D eigenvalue weighted by Gasteiger charge is 2.34. The SMILES string of the molecule is Cc1nn(C)c(C)c1S(=O)(=O)N1CCO[C@H](c2ccccc2)C1. The first-order valence-corrected chi connectivity index (χ1v) is 9.02.